The molecule has 1 saturated heterocycles. The molecule has 40 heavy (non-hydrogen) atoms. The van der Waals surface area contributed by atoms with Crippen LogP contribution in [0.25, 0.3) is 0 Å². The van der Waals surface area contributed by atoms with Gasteiger partial charge in [0.15, 0.2) is 0 Å². The first-order valence-corrected chi connectivity index (χ1v) is 14.1. The van der Waals surface area contributed by atoms with E-state index in [4.69, 9.17) is 0 Å². The van der Waals surface area contributed by atoms with Crippen molar-refractivity contribution in [3.05, 3.63) is 106 Å². The van der Waals surface area contributed by atoms with E-state index in [0.29, 0.717) is 30.3 Å². The van der Waals surface area contributed by atoms with Gasteiger partial charge in [0, 0.05) is 30.8 Å². The van der Waals surface area contributed by atoms with Gasteiger partial charge in [-0.15, -0.1) is 0 Å². The Morgan fingerprint density at radius 3 is 2.40 bits per heavy atom. The minimum absolute atomic E-state index is 0.245. The molecule has 4 rings (SSSR count). The van der Waals surface area contributed by atoms with Crippen molar-refractivity contribution < 1.29 is 14.4 Å². The van der Waals surface area contributed by atoms with Crippen molar-refractivity contribution in [3.63, 3.8) is 0 Å². The monoisotopic (exact) mass is 544 g/mol. The van der Waals surface area contributed by atoms with Gasteiger partial charge >= 0.3 is 0 Å². The highest BCUT2D eigenvalue weighted by atomic mass is 19.1. The van der Waals surface area contributed by atoms with Crippen LogP contribution in [0.3, 0.4) is 0 Å². The zero-order chi connectivity index (χ0) is 28.5. The third-order valence-electron chi connectivity index (χ3n) is 7.89. The van der Waals surface area contributed by atoms with Gasteiger partial charge in [-0.05, 0) is 112 Å². The molecule has 0 atom stereocenters. The van der Waals surface area contributed by atoms with E-state index >= 15 is 0 Å². The molecular formula is C33H41FN4O2. The van der Waals surface area contributed by atoms with Gasteiger partial charge in [0.1, 0.15) is 5.82 Å². The van der Waals surface area contributed by atoms with Gasteiger partial charge in [-0.1, -0.05) is 47.6 Å². The van der Waals surface area contributed by atoms with E-state index in [1.807, 2.05) is 26.2 Å². The molecule has 1 aliphatic heterocycles. The average Bonchev–Trinajstić information content (AvgIpc) is 2.96. The van der Waals surface area contributed by atoms with Crippen LogP contribution in [0.2, 0.25) is 0 Å². The van der Waals surface area contributed by atoms with Crippen LogP contribution < -0.4 is 5.32 Å². The van der Waals surface area contributed by atoms with Crippen LogP contribution in [0.5, 0.6) is 0 Å². The number of amides is 1. The van der Waals surface area contributed by atoms with Gasteiger partial charge in [0.05, 0.1) is 5.71 Å². The number of nitrogens with one attached hydrogen (secondary N) is 1. The number of piperidine rings is 1. The summed E-state index contributed by atoms with van der Waals surface area (Å²) in [6.45, 7) is 6.30. The van der Waals surface area contributed by atoms with Gasteiger partial charge in [0.2, 0.25) is 0 Å². The molecule has 1 amide bonds. The fourth-order valence-electron chi connectivity index (χ4n) is 5.56. The quantitative estimate of drug-likeness (QED) is 0.177. The fraction of sp³-hybridized carbons (Fsp3) is 0.394. The number of likely N-dealkylation sites (tertiary alicyclic amines) is 1. The summed E-state index contributed by atoms with van der Waals surface area (Å²) < 4.78 is 13.2. The Morgan fingerprint density at radius 1 is 1.05 bits per heavy atom. The van der Waals surface area contributed by atoms with Crippen LogP contribution in [-0.2, 0) is 19.6 Å². The average molecular weight is 545 g/mol. The molecule has 6 nitrogen and oxygen atoms in total. The normalized spacial score (nSPS) is 15.0. The van der Waals surface area contributed by atoms with Crippen molar-refractivity contribution >= 4 is 11.6 Å². The maximum absolute atomic E-state index is 13.2. The van der Waals surface area contributed by atoms with E-state index in [9.17, 15) is 14.4 Å². The van der Waals surface area contributed by atoms with E-state index < -0.39 is 0 Å². The number of nitrogens with zero attached hydrogens (tertiary/aromatic N) is 3. The number of carbonyl (C=O) groups excluding carboxylic acids is 1. The highest BCUT2D eigenvalue weighted by molar-refractivity contribution is 6.01. The maximum atomic E-state index is 13.2. The summed E-state index contributed by atoms with van der Waals surface area (Å²) in [5.74, 6) is 0.00198. The number of halogens is 1. The molecule has 0 unspecified atom stereocenters. The molecule has 3 aromatic carbocycles. The van der Waals surface area contributed by atoms with Gasteiger partial charge in [-0.3, -0.25) is 9.69 Å². The molecule has 0 saturated carbocycles. The number of hydrogen-bond acceptors (Lipinski definition) is 5. The predicted octanol–water partition coefficient (Wildman–Crippen LogP) is 6.00. The summed E-state index contributed by atoms with van der Waals surface area (Å²) in [6, 6.07) is 20.2. The minimum Gasteiger partial charge on any atom is -0.411 e. The Morgan fingerprint density at radius 2 is 1.75 bits per heavy atom. The lowest BCUT2D eigenvalue weighted by Crippen LogP contribution is -2.33. The van der Waals surface area contributed by atoms with Crippen LogP contribution in [0.15, 0.2) is 71.9 Å². The van der Waals surface area contributed by atoms with E-state index in [1.165, 1.54) is 29.8 Å². The van der Waals surface area contributed by atoms with Crippen molar-refractivity contribution in [2.24, 2.45) is 11.1 Å². The Labute approximate surface area is 237 Å². The first-order valence-electron chi connectivity index (χ1n) is 14.1. The van der Waals surface area contributed by atoms with Crippen LogP contribution >= 0.6 is 0 Å². The Balaban J connectivity index is 1.38. The molecule has 2 N–H and O–H groups in total. The van der Waals surface area contributed by atoms with E-state index in [0.717, 1.165) is 67.6 Å². The van der Waals surface area contributed by atoms with Crippen molar-refractivity contribution in [2.45, 2.75) is 52.2 Å². The van der Waals surface area contributed by atoms with Crippen LogP contribution in [-0.4, -0.2) is 53.8 Å². The molecule has 0 aliphatic carbocycles. The molecule has 1 aliphatic rings. The smallest absolute Gasteiger partial charge is 0.251 e. The first-order chi connectivity index (χ1) is 19.3. The van der Waals surface area contributed by atoms with Crippen molar-refractivity contribution in [1.29, 1.82) is 0 Å². The highest BCUT2D eigenvalue weighted by Crippen LogP contribution is 2.27. The summed E-state index contributed by atoms with van der Waals surface area (Å²) in [7, 11) is 4.02. The third-order valence-corrected chi connectivity index (χ3v) is 7.89. The summed E-state index contributed by atoms with van der Waals surface area (Å²) in [4.78, 5) is 17.2. The second-order valence-corrected chi connectivity index (χ2v) is 11.1. The maximum Gasteiger partial charge on any atom is 0.251 e. The molecule has 1 fully saturated rings. The van der Waals surface area contributed by atoms with Crippen molar-refractivity contribution in [3.8, 4) is 0 Å². The Hall–Kier alpha value is -3.55. The van der Waals surface area contributed by atoms with Crippen LogP contribution in [0.4, 0.5) is 4.39 Å². The van der Waals surface area contributed by atoms with Crippen molar-refractivity contribution in [1.82, 2.24) is 15.1 Å². The van der Waals surface area contributed by atoms with Crippen LogP contribution in [0, 0.1) is 18.7 Å². The molecule has 0 radical (unpaired) electrons. The van der Waals surface area contributed by atoms with Crippen molar-refractivity contribution in [2.75, 3.05) is 27.2 Å². The largest absolute Gasteiger partial charge is 0.411 e. The first kappa shape index (κ1) is 29.4. The Bertz CT molecular complexity index is 1280. The number of hydrogen-bond donors (Lipinski definition) is 2. The summed E-state index contributed by atoms with van der Waals surface area (Å²) >= 11 is 0. The number of rotatable bonds is 11. The van der Waals surface area contributed by atoms with E-state index in [-0.39, 0.29) is 11.7 Å². The predicted molar refractivity (Wildman–Crippen MR) is 158 cm³/mol. The fourth-order valence-corrected chi connectivity index (χ4v) is 5.56. The van der Waals surface area contributed by atoms with Gasteiger partial charge in [0.25, 0.3) is 5.91 Å². The number of carbonyl (C=O) groups is 1. The number of benzene rings is 3. The topological polar surface area (TPSA) is 68.2 Å². The SMILES string of the molecule is Cc1c(/C(CCC2CCN(Cc3ccccc3)CC2)=N\O)ccc(CNC(=O)c2ccc(F)cc2)c1CN(C)C. The molecule has 0 aromatic heterocycles. The highest BCUT2D eigenvalue weighted by Gasteiger charge is 2.21. The molecule has 3 aromatic rings. The molecule has 0 bridgehead atoms. The lowest BCUT2D eigenvalue weighted by Gasteiger charge is -2.32. The number of oxime groups is 1. The zero-order valence-corrected chi connectivity index (χ0v) is 23.9. The molecule has 212 valence electrons. The van der Waals surface area contributed by atoms with Crippen LogP contribution in [0.1, 0.15) is 63.9 Å². The van der Waals surface area contributed by atoms with Gasteiger partial charge in [-0.2, -0.15) is 0 Å². The second kappa shape index (κ2) is 14.2. The lowest BCUT2D eigenvalue weighted by atomic mass is 9.87. The minimum atomic E-state index is -0.370. The Kier molecular flexibility index (Phi) is 10.4. The standard InChI is InChI=1S/C33H41FN4O2/c1-24-30(32(36-40)16-9-25-17-19-38(20-18-25)22-26-7-5-4-6-8-26)15-12-28(31(24)23-37(2)3)21-35-33(39)27-10-13-29(34)14-11-27/h4-8,10-15,25,40H,9,16-23H2,1-3H3,(H,35,39)/b36-32-. The molecular weight excluding hydrogens is 503 g/mol. The van der Waals surface area contributed by atoms with Gasteiger partial charge in [-0.25, -0.2) is 4.39 Å². The molecule has 0 spiro atoms. The summed E-state index contributed by atoms with van der Waals surface area (Å²) in [5.41, 5.74) is 6.63. The van der Waals surface area contributed by atoms with E-state index in [2.05, 4.69) is 57.5 Å². The lowest BCUT2D eigenvalue weighted by molar-refractivity contribution is 0.0950. The van der Waals surface area contributed by atoms with E-state index in [1.54, 1.807) is 0 Å². The molecule has 7 heteroatoms. The summed E-state index contributed by atoms with van der Waals surface area (Å²) in [6.07, 6.45) is 4.03. The zero-order valence-electron chi connectivity index (χ0n) is 23.9. The van der Waals surface area contributed by atoms with Gasteiger partial charge < -0.3 is 15.4 Å². The third kappa shape index (κ3) is 7.99. The second-order valence-electron chi connectivity index (χ2n) is 11.1. The summed E-state index contributed by atoms with van der Waals surface area (Å²) in [5, 5.41) is 16.7. The molecule has 1 heterocycles.